The molecule has 0 aromatic carbocycles. The number of primary amides is 1. The van der Waals surface area contributed by atoms with Crippen molar-refractivity contribution in [2.24, 2.45) is 5.73 Å². The van der Waals surface area contributed by atoms with Crippen molar-refractivity contribution in [2.45, 2.75) is 39.9 Å². The van der Waals surface area contributed by atoms with Gasteiger partial charge in [-0.15, -0.1) is 11.3 Å². The van der Waals surface area contributed by atoms with Crippen LogP contribution >= 0.6 is 11.3 Å². The summed E-state index contributed by atoms with van der Waals surface area (Å²) in [7, 11) is 0. The molecule has 0 aliphatic carbocycles. The molecule has 40 heavy (non-hydrogen) atoms. The molecule has 0 unspecified atom stereocenters. The van der Waals surface area contributed by atoms with Crippen LogP contribution in [-0.4, -0.2) is 41.2 Å². The molecule has 0 fully saturated rings. The lowest BCUT2D eigenvalue weighted by Gasteiger charge is -2.10. The lowest BCUT2D eigenvalue weighted by atomic mass is 10.0. The fraction of sp³-hybridized carbons (Fsp3) is 0.250. The van der Waals surface area contributed by atoms with Crippen LogP contribution in [0.3, 0.4) is 0 Å². The Morgan fingerprint density at radius 3 is 2.45 bits per heavy atom. The van der Waals surface area contributed by atoms with Gasteiger partial charge in [0.15, 0.2) is 11.3 Å². The van der Waals surface area contributed by atoms with Gasteiger partial charge in [0.1, 0.15) is 21.1 Å². The highest BCUT2D eigenvalue weighted by Gasteiger charge is 2.35. The molecule has 0 radical (unpaired) electrons. The number of aryl methyl sites for hydroxylation is 2. The van der Waals surface area contributed by atoms with Crippen molar-refractivity contribution >= 4 is 44.7 Å². The number of anilines is 1. The van der Waals surface area contributed by atoms with Crippen molar-refractivity contribution in [2.75, 3.05) is 5.32 Å². The molecule has 0 spiro atoms. The van der Waals surface area contributed by atoms with Crippen LogP contribution in [-0.2, 0) is 12.7 Å². The molecule has 0 bridgehead atoms. The molecule has 0 atom stereocenters. The van der Waals surface area contributed by atoms with Gasteiger partial charge in [0.2, 0.25) is 0 Å². The SMILES string of the molecule is CCn1ncc(-c2cc(C(F)F)nc3sc(C(N)=O)c(NC(=O)c4cc5nc(C)cc(C(F)(F)F)n5n4)c23)c1C. The Bertz CT molecular complexity index is 1820. The number of hydrogen-bond acceptors (Lipinski definition) is 7. The van der Waals surface area contributed by atoms with E-state index in [2.05, 4.69) is 25.5 Å². The molecule has 0 saturated heterocycles. The quantitative estimate of drug-likeness (QED) is 0.268. The molecule has 2 amide bonds. The molecule has 5 heterocycles. The van der Waals surface area contributed by atoms with Crippen LogP contribution in [0.4, 0.5) is 27.6 Å². The standard InChI is InChI=1S/C24H19F5N8O2S/c1-4-36-10(3)12(8-31-36)11-6-13(20(25)26)33-23-17(11)18(19(40-23)21(30)38)34-22(39)14-7-16-32-9(2)5-15(24(27,28)29)37(16)35-14/h5-8,20H,4H2,1-3H3,(H2,30,38)(H,34,39). The van der Waals surface area contributed by atoms with Crippen LogP contribution in [0, 0.1) is 13.8 Å². The van der Waals surface area contributed by atoms with Gasteiger partial charge in [0, 0.05) is 34.9 Å². The molecule has 5 rings (SSSR count). The summed E-state index contributed by atoms with van der Waals surface area (Å²) >= 11 is 0.693. The van der Waals surface area contributed by atoms with Crippen molar-refractivity contribution < 1.29 is 31.5 Å². The number of aromatic nitrogens is 6. The lowest BCUT2D eigenvalue weighted by molar-refractivity contribution is -0.142. The maximum absolute atomic E-state index is 13.8. The summed E-state index contributed by atoms with van der Waals surface area (Å²) in [5.74, 6) is -1.96. The predicted octanol–water partition coefficient (Wildman–Crippen LogP) is 5.15. The van der Waals surface area contributed by atoms with E-state index in [0.29, 0.717) is 33.7 Å². The topological polar surface area (TPSA) is 133 Å². The average Bonchev–Trinajstić information content (AvgIpc) is 3.57. The number of nitrogens with one attached hydrogen (secondary N) is 1. The number of carbonyl (C=O) groups excluding carboxylic acids is 2. The van der Waals surface area contributed by atoms with E-state index in [-0.39, 0.29) is 37.7 Å². The minimum Gasteiger partial charge on any atom is -0.365 e. The second-order valence-electron chi connectivity index (χ2n) is 8.74. The van der Waals surface area contributed by atoms with Crippen molar-refractivity contribution in [3.63, 3.8) is 0 Å². The summed E-state index contributed by atoms with van der Waals surface area (Å²) in [4.78, 5) is 33.4. The van der Waals surface area contributed by atoms with E-state index < -0.39 is 41.5 Å². The summed E-state index contributed by atoms with van der Waals surface area (Å²) in [6.45, 7) is 5.42. The highest BCUT2D eigenvalue weighted by atomic mass is 32.1. The van der Waals surface area contributed by atoms with Gasteiger partial charge in [0.25, 0.3) is 18.2 Å². The highest BCUT2D eigenvalue weighted by Crippen LogP contribution is 2.43. The van der Waals surface area contributed by atoms with Crippen LogP contribution in [0.25, 0.3) is 27.0 Å². The fourth-order valence-electron chi connectivity index (χ4n) is 4.35. The summed E-state index contributed by atoms with van der Waals surface area (Å²) < 4.78 is 70.4. The normalized spacial score (nSPS) is 12.1. The molecule has 5 aromatic heterocycles. The van der Waals surface area contributed by atoms with Gasteiger partial charge in [-0.1, -0.05) is 0 Å². The van der Waals surface area contributed by atoms with Crippen LogP contribution in [0.5, 0.6) is 0 Å². The molecule has 5 aromatic rings. The Morgan fingerprint density at radius 2 is 1.85 bits per heavy atom. The van der Waals surface area contributed by atoms with E-state index in [4.69, 9.17) is 5.73 Å². The summed E-state index contributed by atoms with van der Waals surface area (Å²) in [5.41, 5.74) is 4.39. The number of nitrogens with two attached hydrogens (primary N) is 1. The van der Waals surface area contributed by atoms with Gasteiger partial charge < -0.3 is 11.1 Å². The van der Waals surface area contributed by atoms with Crippen LogP contribution in [0.15, 0.2) is 24.4 Å². The second kappa shape index (κ2) is 9.62. The number of rotatable bonds is 6. The van der Waals surface area contributed by atoms with E-state index in [1.54, 1.807) is 11.6 Å². The first-order valence-corrected chi connectivity index (χ1v) is 12.5. The van der Waals surface area contributed by atoms with Crippen LogP contribution in [0.1, 0.15) is 56.3 Å². The predicted molar refractivity (Wildman–Crippen MR) is 135 cm³/mol. The van der Waals surface area contributed by atoms with Crippen molar-refractivity contribution in [3.8, 4) is 11.1 Å². The molecule has 208 valence electrons. The number of pyridine rings is 1. The van der Waals surface area contributed by atoms with Crippen molar-refractivity contribution in [3.05, 3.63) is 57.7 Å². The van der Waals surface area contributed by atoms with Gasteiger partial charge in [-0.2, -0.15) is 23.4 Å². The Balaban J connectivity index is 1.70. The number of fused-ring (bicyclic) bond motifs is 2. The zero-order valence-corrected chi connectivity index (χ0v) is 21.8. The zero-order chi connectivity index (χ0) is 29.1. The third-order valence-corrected chi connectivity index (χ3v) is 7.24. The molecule has 0 aliphatic rings. The van der Waals surface area contributed by atoms with Crippen molar-refractivity contribution in [1.82, 2.24) is 29.4 Å². The number of halogens is 5. The maximum Gasteiger partial charge on any atom is 0.433 e. The maximum atomic E-state index is 13.8. The summed E-state index contributed by atoms with van der Waals surface area (Å²) in [5, 5.41) is 10.7. The minimum atomic E-state index is -4.78. The second-order valence-corrected chi connectivity index (χ2v) is 9.74. The first-order valence-electron chi connectivity index (χ1n) is 11.6. The average molecular weight is 579 g/mol. The Hall–Kier alpha value is -4.47. The number of amides is 2. The first-order chi connectivity index (χ1) is 18.8. The Kier molecular flexibility index (Phi) is 6.52. The number of nitrogens with zero attached hydrogens (tertiary/aromatic N) is 6. The number of thiophene rings is 1. The van der Waals surface area contributed by atoms with E-state index >= 15 is 0 Å². The third-order valence-electron chi connectivity index (χ3n) is 6.14. The van der Waals surface area contributed by atoms with Gasteiger partial charge in [0.05, 0.1) is 11.9 Å². The van der Waals surface area contributed by atoms with Gasteiger partial charge in [-0.3, -0.25) is 14.3 Å². The first kappa shape index (κ1) is 27.1. The Labute approximate surface area is 225 Å². The fourth-order valence-corrected chi connectivity index (χ4v) is 5.37. The van der Waals surface area contributed by atoms with E-state index in [0.717, 1.165) is 18.2 Å². The molecule has 3 N–H and O–H groups in total. The van der Waals surface area contributed by atoms with E-state index in [9.17, 15) is 31.5 Å². The number of alkyl halides is 5. The van der Waals surface area contributed by atoms with Crippen molar-refractivity contribution in [1.29, 1.82) is 0 Å². The van der Waals surface area contributed by atoms with Gasteiger partial charge in [-0.25, -0.2) is 23.3 Å². The highest BCUT2D eigenvalue weighted by molar-refractivity contribution is 7.21. The van der Waals surface area contributed by atoms with E-state index in [1.807, 2.05) is 6.92 Å². The Morgan fingerprint density at radius 1 is 1.12 bits per heavy atom. The molecular formula is C24H19F5N8O2S. The molecule has 0 saturated carbocycles. The largest absolute Gasteiger partial charge is 0.433 e. The summed E-state index contributed by atoms with van der Waals surface area (Å²) in [6.07, 6.45) is -6.26. The number of carbonyl (C=O) groups is 2. The third kappa shape index (κ3) is 4.53. The molecule has 0 aliphatic heterocycles. The lowest BCUT2D eigenvalue weighted by Crippen LogP contribution is -2.18. The van der Waals surface area contributed by atoms with Gasteiger partial charge >= 0.3 is 6.18 Å². The van der Waals surface area contributed by atoms with Gasteiger partial charge in [-0.05, 0) is 38.5 Å². The number of hydrogen-bond donors (Lipinski definition) is 2. The molecule has 10 nitrogen and oxygen atoms in total. The van der Waals surface area contributed by atoms with Crippen LogP contribution in [0.2, 0.25) is 0 Å². The molecular weight excluding hydrogens is 559 g/mol. The van der Waals surface area contributed by atoms with Crippen LogP contribution < -0.4 is 11.1 Å². The smallest absolute Gasteiger partial charge is 0.365 e. The monoisotopic (exact) mass is 578 g/mol. The minimum absolute atomic E-state index is 0.00722. The molecule has 16 heteroatoms. The zero-order valence-electron chi connectivity index (χ0n) is 21.0. The summed E-state index contributed by atoms with van der Waals surface area (Å²) in [6, 6.07) is 2.98. The van der Waals surface area contributed by atoms with E-state index in [1.165, 1.54) is 13.1 Å².